The van der Waals surface area contributed by atoms with Gasteiger partial charge in [0.2, 0.25) is 0 Å². The van der Waals surface area contributed by atoms with E-state index >= 15 is 0 Å². The Hall–Kier alpha value is -0.880. The van der Waals surface area contributed by atoms with E-state index in [-0.39, 0.29) is 0 Å². The van der Waals surface area contributed by atoms with Gasteiger partial charge in [-0.1, -0.05) is 9.81 Å². The van der Waals surface area contributed by atoms with Crippen molar-refractivity contribution in [3.63, 3.8) is 0 Å². The van der Waals surface area contributed by atoms with Crippen molar-refractivity contribution in [1.29, 1.82) is 0 Å². The van der Waals surface area contributed by atoms with Crippen LogP contribution in [0, 0.1) is 9.81 Å². The van der Waals surface area contributed by atoms with Gasteiger partial charge in [0.15, 0.2) is 10.6 Å². The van der Waals surface area contributed by atoms with Gasteiger partial charge in [-0.15, -0.1) is 0 Å². The molecule has 1 rings (SSSR count). The van der Waals surface area contributed by atoms with Crippen molar-refractivity contribution in [2.75, 3.05) is 26.2 Å². The first-order valence-corrected chi connectivity index (χ1v) is 3.60. The summed E-state index contributed by atoms with van der Waals surface area (Å²) >= 11 is 0. The maximum absolute atomic E-state index is 10.3. The molecule has 0 amide bonds. The van der Waals surface area contributed by atoms with Crippen LogP contribution in [0.5, 0.6) is 0 Å². The summed E-state index contributed by atoms with van der Waals surface area (Å²) in [5, 5.41) is 8.51. The first-order valence-electron chi connectivity index (χ1n) is 3.60. The molecule has 0 saturated carbocycles. The van der Waals surface area contributed by atoms with Crippen molar-refractivity contribution in [2.45, 2.75) is 6.42 Å². The van der Waals surface area contributed by atoms with Gasteiger partial charge in [-0.05, 0) is 4.70 Å². The minimum atomic E-state index is -0.535. The standard InChI is InChI=1S/C5H11N4O2/c10-7-9(8-11)4-1-2-6-3-5-9/h6H,1-5H2/q+1. The van der Waals surface area contributed by atoms with Gasteiger partial charge in [-0.3, -0.25) is 0 Å². The first-order chi connectivity index (χ1) is 5.33. The molecule has 62 valence electrons. The molecule has 1 aliphatic heterocycles. The van der Waals surface area contributed by atoms with Crippen LogP contribution in [0.2, 0.25) is 0 Å². The predicted molar refractivity (Wildman–Crippen MR) is 39.1 cm³/mol. The van der Waals surface area contributed by atoms with E-state index in [0.717, 1.165) is 13.0 Å². The normalized spacial score (nSPS) is 23.6. The third kappa shape index (κ3) is 1.78. The summed E-state index contributed by atoms with van der Waals surface area (Å²) < 4.78 is -0.535. The summed E-state index contributed by atoms with van der Waals surface area (Å²) in [6.07, 6.45) is 0.761. The highest BCUT2D eigenvalue weighted by molar-refractivity contribution is 4.52. The molecule has 0 bridgehead atoms. The summed E-state index contributed by atoms with van der Waals surface area (Å²) in [5.74, 6) is 0. The molecule has 11 heavy (non-hydrogen) atoms. The van der Waals surface area contributed by atoms with E-state index in [1.54, 1.807) is 0 Å². The number of nitrogens with one attached hydrogen (secondary N) is 1. The average Bonchev–Trinajstić information content (AvgIpc) is 2.30. The van der Waals surface area contributed by atoms with Crippen molar-refractivity contribution in [1.82, 2.24) is 5.32 Å². The molecule has 0 aromatic rings. The number of hydrogen-bond acceptors (Lipinski definition) is 5. The number of quaternary nitrogens is 1. The minimum Gasteiger partial charge on any atom is -0.311 e. The molecule has 0 spiro atoms. The van der Waals surface area contributed by atoms with E-state index in [1.807, 2.05) is 0 Å². The second kappa shape index (κ2) is 3.49. The fourth-order valence-electron chi connectivity index (χ4n) is 1.13. The van der Waals surface area contributed by atoms with Crippen LogP contribution in [-0.2, 0) is 0 Å². The average molecular weight is 159 g/mol. The van der Waals surface area contributed by atoms with E-state index in [4.69, 9.17) is 0 Å². The van der Waals surface area contributed by atoms with Crippen LogP contribution >= 0.6 is 0 Å². The number of hydrogen-bond donors (Lipinski definition) is 1. The molecule has 0 unspecified atom stereocenters. The lowest BCUT2D eigenvalue weighted by atomic mass is 10.4. The molecule has 0 radical (unpaired) electrons. The zero-order chi connectivity index (χ0) is 8.16. The summed E-state index contributed by atoms with van der Waals surface area (Å²) in [6.45, 7) is 2.23. The molecule has 6 nitrogen and oxygen atoms in total. The monoisotopic (exact) mass is 159 g/mol. The Bertz CT molecular complexity index is 143. The van der Waals surface area contributed by atoms with Crippen molar-refractivity contribution in [3.8, 4) is 0 Å². The number of nitroso groups, excluding NO2 is 2. The largest absolute Gasteiger partial charge is 0.311 e. The van der Waals surface area contributed by atoms with Gasteiger partial charge >= 0.3 is 0 Å². The summed E-state index contributed by atoms with van der Waals surface area (Å²) in [4.78, 5) is 20.5. The maximum Gasteiger partial charge on any atom is 0.185 e. The topological polar surface area (TPSA) is 70.9 Å². The zero-order valence-corrected chi connectivity index (χ0v) is 6.19. The lowest BCUT2D eigenvalue weighted by Gasteiger charge is -2.13. The molecule has 1 heterocycles. The van der Waals surface area contributed by atoms with Crippen molar-refractivity contribution < 1.29 is 4.70 Å². The molecule has 0 aromatic heterocycles. The quantitative estimate of drug-likeness (QED) is 0.460. The SMILES string of the molecule is O=N[N+]1(N=O)CCCNCC1. The smallest absolute Gasteiger partial charge is 0.185 e. The molecular formula is C5H11N4O2+. The zero-order valence-electron chi connectivity index (χ0n) is 6.19. The van der Waals surface area contributed by atoms with Crippen molar-refractivity contribution in [3.05, 3.63) is 9.81 Å². The Kier molecular flexibility index (Phi) is 2.61. The Morgan fingerprint density at radius 3 is 2.45 bits per heavy atom. The van der Waals surface area contributed by atoms with Crippen LogP contribution in [0.4, 0.5) is 0 Å². The lowest BCUT2D eigenvalue weighted by molar-refractivity contribution is -0.942. The Morgan fingerprint density at radius 2 is 1.82 bits per heavy atom. The highest BCUT2D eigenvalue weighted by atomic mass is 16.4. The molecule has 0 atom stereocenters. The van der Waals surface area contributed by atoms with E-state index in [2.05, 4.69) is 15.9 Å². The second-order valence-electron chi connectivity index (χ2n) is 2.59. The lowest BCUT2D eigenvalue weighted by Crippen LogP contribution is -2.39. The second-order valence-corrected chi connectivity index (χ2v) is 2.59. The molecular weight excluding hydrogens is 148 g/mol. The summed E-state index contributed by atoms with van der Waals surface area (Å²) in [6, 6.07) is 0. The van der Waals surface area contributed by atoms with Gasteiger partial charge in [0.05, 0.1) is 6.54 Å². The van der Waals surface area contributed by atoms with Gasteiger partial charge in [-0.2, -0.15) is 0 Å². The molecule has 1 aliphatic rings. The third-order valence-corrected chi connectivity index (χ3v) is 1.82. The highest BCUT2D eigenvalue weighted by Crippen LogP contribution is 2.10. The molecule has 1 saturated heterocycles. The van der Waals surface area contributed by atoms with Crippen LogP contribution < -0.4 is 5.32 Å². The van der Waals surface area contributed by atoms with Crippen LogP contribution in [0.25, 0.3) is 0 Å². The van der Waals surface area contributed by atoms with Crippen LogP contribution in [0.15, 0.2) is 10.6 Å². The van der Waals surface area contributed by atoms with E-state index in [9.17, 15) is 9.81 Å². The third-order valence-electron chi connectivity index (χ3n) is 1.82. The molecule has 6 heteroatoms. The van der Waals surface area contributed by atoms with E-state index < -0.39 is 4.70 Å². The molecule has 1 fully saturated rings. The van der Waals surface area contributed by atoms with E-state index in [1.165, 1.54) is 0 Å². The van der Waals surface area contributed by atoms with Crippen molar-refractivity contribution >= 4 is 0 Å². The maximum atomic E-state index is 10.3. The van der Waals surface area contributed by atoms with Gasteiger partial charge in [0.1, 0.15) is 13.1 Å². The Labute approximate surface area is 64.0 Å². The van der Waals surface area contributed by atoms with Crippen molar-refractivity contribution in [2.24, 2.45) is 10.6 Å². The minimum absolute atomic E-state index is 0.368. The first kappa shape index (κ1) is 8.22. The molecule has 0 aliphatic carbocycles. The molecule has 0 aromatic carbocycles. The van der Waals surface area contributed by atoms with Crippen LogP contribution in [-0.4, -0.2) is 30.9 Å². The van der Waals surface area contributed by atoms with Gasteiger partial charge < -0.3 is 5.32 Å². The van der Waals surface area contributed by atoms with Gasteiger partial charge in [0.25, 0.3) is 0 Å². The highest BCUT2D eigenvalue weighted by Gasteiger charge is 2.33. The van der Waals surface area contributed by atoms with Gasteiger partial charge in [0, 0.05) is 13.0 Å². The summed E-state index contributed by atoms with van der Waals surface area (Å²) in [5.41, 5.74) is 0. The van der Waals surface area contributed by atoms with Gasteiger partial charge in [-0.25, -0.2) is 0 Å². The van der Waals surface area contributed by atoms with E-state index in [0.29, 0.717) is 19.6 Å². The van der Waals surface area contributed by atoms with Crippen LogP contribution in [0.3, 0.4) is 0 Å². The summed E-state index contributed by atoms with van der Waals surface area (Å²) in [7, 11) is 0. The molecule has 1 N–H and O–H groups in total. The fourth-order valence-corrected chi connectivity index (χ4v) is 1.13. The number of rotatable bonds is 2. The Balaban J connectivity index is 2.63. The fraction of sp³-hybridized carbons (Fsp3) is 1.00. The number of nitrogens with zero attached hydrogens (tertiary/aromatic N) is 3. The van der Waals surface area contributed by atoms with Crippen LogP contribution in [0.1, 0.15) is 6.42 Å². The Morgan fingerprint density at radius 1 is 1.09 bits per heavy atom. The predicted octanol–water partition coefficient (Wildman–Crippen LogP) is 0.159.